The largest absolute Gasteiger partial charge is 0.389 e. The third-order valence-corrected chi connectivity index (χ3v) is 3.11. The molecule has 0 spiro atoms. The molecule has 7 heteroatoms. The van der Waals surface area contributed by atoms with Gasteiger partial charge in [0.05, 0.1) is 23.4 Å². The van der Waals surface area contributed by atoms with Crippen LogP contribution in [0.5, 0.6) is 0 Å². The second-order valence-electron chi connectivity index (χ2n) is 4.61. The summed E-state index contributed by atoms with van der Waals surface area (Å²) in [7, 11) is 0. The number of carbonyl (C=O) groups excluding carboxylic acids is 2. The Labute approximate surface area is 110 Å². The molecular formula is C12H16N4O3. The molecule has 2 rings (SSSR count). The Balaban J connectivity index is 2.10. The highest BCUT2D eigenvalue weighted by Crippen LogP contribution is 2.15. The third kappa shape index (κ3) is 2.87. The van der Waals surface area contributed by atoms with Gasteiger partial charge in [0.15, 0.2) is 0 Å². The Morgan fingerprint density at radius 3 is 2.84 bits per heavy atom. The zero-order valence-corrected chi connectivity index (χ0v) is 10.8. The summed E-state index contributed by atoms with van der Waals surface area (Å²) in [5, 5.41) is 12.5. The zero-order valence-electron chi connectivity index (χ0n) is 10.8. The van der Waals surface area contributed by atoms with E-state index >= 15 is 0 Å². The second kappa shape index (κ2) is 5.31. The van der Waals surface area contributed by atoms with Crippen LogP contribution in [0.2, 0.25) is 0 Å². The molecule has 1 aliphatic heterocycles. The molecular weight excluding hydrogens is 248 g/mol. The predicted molar refractivity (Wildman–Crippen MR) is 66.3 cm³/mol. The molecule has 2 amide bonds. The summed E-state index contributed by atoms with van der Waals surface area (Å²) in [6.45, 7) is 3.59. The Hall–Kier alpha value is -2.02. The van der Waals surface area contributed by atoms with Crippen molar-refractivity contribution in [2.75, 3.05) is 13.1 Å². The maximum Gasteiger partial charge on any atom is 0.257 e. The predicted octanol–water partition coefficient (Wildman–Crippen LogP) is -0.894. The van der Waals surface area contributed by atoms with E-state index in [2.05, 4.69) is 15.3 Å². The van der Waals surface area contributed by atoms with Gasteiger partial charge >= 0.3 is 0 Å². The summed E-state index contributed by atoms with van der Waals surface area (Å²) in [5.41, 5.74) is 1.01. The van der Waals surface area contributed by atoms with Crippen LogP contribution in [0.3, 0.4) is 0 Å². The summed E-state index contributed by atoms with van der Waals surface area (Å²) in [5.74, 6) is -0.456. The number of amides is 2. The molecule has 0 aromatic carbocycles. The van der Waals surface area contributed by atoms with Gasteiger partial charge in [-0.05, 0) is 6.92 Å². The number of rotatable bonds is 2. The van der Waals surface area contributed by atoms with Crippen LogP contribution in [0, 0.1) is 6.92 Å². The highest BCUT2D eigenvalue weighted by molar-refractivity contribution is 5.95. The first-order valence-electron chi connectivity index (χ1n) is 6.00. The molecule has 102 valence electrons. The molecule has 0 aliphatic carbocycles. The summed E-state index contributed by atoms with van der Waals surface area (Å²) in [4.78, 5) is 32.6. The maximum absolute atomic E-state index is 12.3. The van der Waals surface area contributed by atoms with E-state index in [0.29, 0.717) is 11.3 Å². The van der Waals surface area contributed by atoms with Crippen LogP contribution in [0.1, 0.15) is 23.0 Å². The summed E-state index contributed by atoms with van der Waals surface area (Å²) < 4.78 is 0. The number of aryl methyl sites for hydroxylation is 1. The quantitative estimate of drug-likeness (QED) is 0.722. The number of hydrogen-bond donors (Lipinski definition) is 2. The van der Waals surface area contributed by atoms with Crippen molar-refractivity contribution in [3.8, 4) is 0 Å². The van der Waals surface area contributed by atoms with E-state index < -0.39 is 12.1 Å². The summed E-state index contributed by atoms with van der Waals surface area (Å²) >= 11 is 0. The Bertz CT molecular complexity index is 506. The van der Waals surface area contributed by atoms with Crippen molar-refractivity contribution in [2.24, 2.45) is 0 Å². The van der Waals surface area contributed by atoms with Crippen LogP contribution in [0.25, 0.3) is 0 Å². The monoisotopic (exact) mass is 264 g/mol. The number of β-amino-alcohol motifs (C(OH)–C–C–N with tert-alkyl or cyclic N) is 1. The van der Waals surface area contributed by atoms with Crippen LogP contribution in [0.4, 0.5) is 0 Å². The van der Waals surface area contributed by atoms with E-state index in [1.807, 2.05) is 0 Å². The molecule has 19 heavy (non-hydrogen) atoms. The highest BCUT2D eigenvalue weighted by Gasteiger charge is 2.35. The van der Waals surface area contributed by atoms with Crippen LogP contribution in [0.15, 0.2) is 12.5 Å². The Morgan fingerprint density at radius 2 is 2.21 bits per heavy atom. The van der Waals surface area contributed by atoms with Gasteiger partial charge < -0.3 is 15.3 Å². The van der Waals surface area contributed by atoms with E-state index in [0.717, 1.165) is 0 Å². The van der Waals surface area contributed by atoms with Gasteiger partial charge in [-0.1, -0.05) is 0 Å². The van der Waals surface area contributed by atoms with Gasteiger partial charge in [0, 0.05) is 26.2 Å². The number of aliphatic hydroxyl groups is 1. The molecule has 0 unspecified atom stereocenters. The van der Waals surface area contributed by atoms with Gasteiger partial charge in [-0.3, -0.25) is 9.59 Å². The fraction of sp³-hybridized carbons (Fsp3) is 0.500. The highest BCUT2D eigenvalue weighted by atomic mass is 16.3. The molecule has 1 aromatic rings. The molecule has 1 saturated heterocycles. The molecule has 1 fully saturated rings. The number of carbonyl (C=O) groups is 2. The SMILES string of the molecule is CC(=O)N[C@@H]1CN(C(=O)c2cncnc2C)C[C@H]1O. The smallest absolute Gasteiger partial charge is 0.257 e. The van der Waals surface area contributed by atoms with Crippen LogP contribution in [-0.4, -0.2) is 57.0 Å². The lowest BCUT2D eigenvalue weighted by molar-refractivity contribution is -0.120. The van der Waals surface area contributed by atoms with Crippen molar-refractivity contribution in [3.63, 3.8) is 0 Å². The molecule has 1 aliphatic rings. The van der Waals surface area contributed by atoms with Crippen molar-refractivity contribution >= 4 is 11.8 Å². The van der Waals surface area contributed by atoms with Gasteiger partial charge in [0.25, 0.3) is 5.91 Å². The average Bonchev–Trinajstić information content (AvgIpc) is 2.70. The number of nitrogens with zero attached hydrogens (tertiary/aromatic N) is 3. The van der Waals surface area contributed by atoms with E-state index in [9.17, 15) is 14.7 Å². The lowest BCUT2D eigenvalue weighted by Crippen LogP contribution is -2.41. The lowest BCUT2D eigenvalue weighted by atomic mass is 10.2. The summed E-state index contributed by atoms with van der Waals surface area (Å²) in [6, 6.07) is -0.425. The minimum absolute atomic E-state index is 0.193. The topological polar surface area (TPSA) is 95.4 Å². The first-order valence-corrected chi connectivity index (χ1v) is 6.00. The molecule has 7 nitrogen and oxygen atoms in total. The molecule has 0 saturated carbocycles. The molecule has 0 bridgehead atoms. The Morgan fingerprint density at radius 1 is 1.47 bits per heavy atom. The van der Waals surface area contributed by atoms with E-state index in [1.54, 1.807) is 6.92 Å². The second-order valence-corrected chi connectivity index (χ2v) is 4.61. The Kier molecular flexibility index (Phi) is 3.75. The van der Waals surface area contributed by atoms with E-state index in [4.69, 9.17) is 0 Å². The van der Waals surface area contributed by atoms with Crippen molar-refractivity contribution in [3.05, 3.63) is 23.8 Å². The molecule has 1 aromatic heterocycles. The minimum Gasteiger partial charge on any atom is -0.389 e. The third-order valence-electron chi connectivity index (χ3n) is 3.11. The zero-order chi connectivity index (χ0) is 14.0. The lowest BCUT2D eigenvalue weighted by Gasteiger charge is -2.16. The standard InChI is InChI=1S/C12H16N4O3/c1-7-9(3-13-6-14-7)12(19)16-4-10(11(18)5-16)15-8(2)17/h3,6,10-11,18H,4-5H2,1-2H3,(H,15,17)/t10-,11-/m1/s1. The normalized spacial score (nSPS) is 22.4. The number of nitrogens with one attached hydrogen (secondary N) is 1. The molecule has 2 atom stereocenters. The van der Waals surface area contributed by atoms with Crippen LogP contribution < -0.4 is 5.32 Å². The summed E-state index contributed by atoms with van der Waals surface area (Å²) in [6.07, 6.45) is 2.09. The average molecular weight is 264 g/mol. The van der Waals surface area contributed by atoms with Gasteiger partial charge in [-0.15, -0.1) is 0 Å². The first-order chi connectivity index (χ1) is 8.99. The van der Waals surface area contributed by atoms with Crippen molar-refractivity contribution in [2.45, 2.75) is 26.0 Å². The number of likely N-dealkylation sites (tertiary alicyclic amines) is 1. The maximum atomic E-state index is 12.3. The van der Waals surface area contributed by atoms with E-state index in [-0.39, 0.29) is 24.9 Å². The van der Waals surface area contributed by atoms with Crippen molar-refractivity contribution < 1.29 is 14.7 Å². The van der Waals surface area contributed by atoms with Crippen LogP contribution in [-0.2, 0) is 4.79 Å². The van der Waals surface area contributed by atoms with Gasteiger partial charge in [0.1, 0.15) is 6.33 Å². The molecule has 0 radical (unpaired) electrons. The number of hydrogen-bond acceptors (Lipinski definition) is 5. The van der Waals surface area contributed by atoms with Crippen molar-refractivity contribution in [1.29, 1.82) is 0 Å². The number of aromatic nitrogens is 2. The molecule has 2 heterocycles. The number of aliphatic hydroxyl groups excluding tert-OH is 1. The van der Waals surface area contributed by atoms with E-state index in [1.165, 1.54) is 24.3 Å². The first kappa shape index (κ1) is 13.4. The van der Waals surface area contributed by atoms with Gasteiger partial charge in [-0.2, -0.15) is 0 Å². The van der Waals surface area contributed by atoms with Crippen molar-refractivity contribution in [1.82, 2.24) is 20.2 Å². The van der Waals surface area contributed by atoms with Gasteiger partial charge in [-0.25, -0.2) is 9.97 Å². The van der Waals surface area contributed by atoms with Crippen LogP contribution >= 0.6 is 0 Å². The minimum atomic E-state index is -0.752. The fourth-order valence-corrected chi connectivity index (χ4v) is 2.13. The molecule has 2 N–H and O–H groups in total. The van der Waals surface area contributed by atoms with Gasteiger partial charge in [0.2, 0.25) is 5.91 Å². The fourth-order valence-electron chi connectivity index (χ4n) is 2.13.